The van der Waals surface area contributed by atoms with E-state index in [-0.39, 0.29) is 18.6 Å². The number of carboxylic acid groups (broad SMARTS) is 2. The average molecular weight is 673 g/mol. The molecule has 0 spiro atoms. The third-order valence-electron chi connectivity index (χ3n) is 7.05. The van der Waals surface area contributed by atoms with Crippen LogP contribution in [-0.4, -0.2) is 98.2 Å². The number of rotatable bonds is 19. The molecule has 260 valence electrons. The third kappa shape index (κ3) is 13.1. The largest absolute Gasteiger partial charge is 0.508 e. The smallest absolute Gasteiger partial charge is 0.326 e. The summed E-state index contributed by atoms with van der Waals surface area (Å²) in [7, 11) is 0. The maximum Gasteiger partial charge on any atom is 0.326 e. The van der Waals surface area contributed by atoms with Crippen LogP contribution in [0.1, 0.15) is 37.3 Å². The van der Waals surface area contributed by atoms with Crippen LogP contribution in [0.3, 0.4) is 0 Å². The molecule has 0 aliphatic heterocycles. The Morgan fingerprint density at radius 1 is 0.688 bits per heavy atom. The highest BCUT2D eigenvalue weighted by molar-refractivity contribution is 5.97. The Morgan fingerprint density at radius 3 is 1.71 bits per heavy atom. The standard InChI is InChI=1S/C31H40N6O11/c1-16(38)26(33)30(46)36-21(13-17-5-3-2-4-6-17)28(44)35-22(15-25(41)42)29(45)34-20(11-12-24(32)40)27(43)37-23(31(47)48)14-18-7-9-19(39)10-8-18/h2-10,16,20-23,26,38-39H,11-15,33H2,1H3,(H2,32,40)(H,34,45)(H,35,44)(H,36,46)(H,37,43)(H,41,42)(H,47,48)/t16-,20+,21+,22+,23+,26+/m1/s1. The molecule has 0 heterocycles. The maximum atomic E-state index is 13.4. The van der Waals surface area contributed by atoms with Gasteiger partial charge in [-0.3, -0.25) is 28.8 Å². The highest BCUT2D eigenvalue weighted by atomic mass is 16.4. The summed E-state index contributed by atoms with van der Waals surface area (Å²) in [4.78, 5) is 87.7. The first-order valence-corrected chi connectivity index (χ1v) is 14.8. The van der Waals surface area contributed by atoms with Gasteiger partial charge in [-0.05, 0) is 36.6 Å². The van der Waals surface area contributed by atoms with Crippen molar-refractivity contribution in [1.29, 1.82) is 0 Å². The Kier molecular flexibility index (Phi) is 14.9. The van der Waals surface area contributed by atoms with E-state index in [1.165, 1.54) is 31.2 Å². The summed E-state index contributed by atoms with van der Waals surface area (Å²) in [6, 6.07) is 6.15. The maximum absolute atomic E-state index is 13.4. The van der Waals surface area contributed by atoms with E-state index in [4.69, 9.17) is 11.5 Å². The number of carbonyl (C=O) groups excluding carboxylic acids is 5. The molecule has 0 saturated heterocycles. The van der Waals surface area contributed by atoms with Gasteiger partial charge in [0.1, 0.15) is 36.0 Å². The normalized spacial score (nSPS) is 14.6. The Hall–Kier alpha value is -5.55. The van der Waals surface area contributed by atoms with Crippen LogP contribution < -0.4 is 32.7 Å². The first-order valence-electron chi connectivity index (χ1n) is 14.8. The Labute approximate surface area is 275 Å². The number of hydrogen-bond acceptors (Lipinski definition) is 10. The van der Waals surface area contributed by atoms with E-state index in [1.54, 1.807) is 30.3 Å². The zero-order chi connectivity index (χ0) is 36.0. The van der Waals surface area contributed by atoms with Crippen molar-refractivity contribution in [3.63, 3.8) is 0 Å². The first-order chi connectivity index (χ1) is 22.6. The summed E-state index contributed by atoms with van der Waals surface area (Å²) in [6.45, 7) is 1.26. The molecule has 0 aliphatic rings. The molecule has 6 atom stereocenters. The van der Waals surface area contributed by atoms with Crippen LogP contribution in [-0.2, 0) is 46.4 Å². The van der Waals surface area contributed by atoms with Crippen molar-refractivity contribution in [3.8, 4) is 5.75 Å². The van der Waals surface area contributed by atoms with Gasteiger partial charge in [0.15, 0.2) is 0 Å². The number of benzene rings is 2. The summed E-state index contributed by atoms with van der Waals surface area (Å²) in [5.74, 6) is -7.99. The van der Waals surface area contributed by atoms with Gasteiger partial charge >= 0.3 is 11.9 Å². The predicted molar refractivity (Wildman–Crippen MR) is 168 cm³/mol. The van der Waals surface area contributed by atoms with E-state index < -0.39 is 97.1 Å². The van der Waals surface area contributed by atoms with E-state index in [9.17, 15) is 54.0 Å². The van der Waals surface area contributed by atoms with E-state index in [0.29, 0.717) is 11.1 Å². The second kappa shape index (κ2) is 18.6. The number of aliphatic hydroxyl groups is 1. The van der Waals surface area contributed by atoms with Gasteiger partial charge in [-0.2, -0.15) is 0 Å². The molecule has 2 rings (SSSR count). The molecule has 0 unspecified atom stereocenters. The topological polar surface area (TPSA) is 301 Å². The minimum Gasteiger partial charge on any atom is -0.508 e. The number of nitrogens with one attached hydrogen (secondary N) is 4. The lowest BCUT2D eigenvalue weighted by atomic mass is 10.0. The Morgan fingerprint density at radius 2 is 1.17 bits per heavy atom. The number of carbonyl (C=O) groups is 7. The second-order valence-electron chi connectivity index (χ2n) is 11.0. The van der Waals surface area contributed by atoms with Crippen molar-refractivity contribution in [3.05, 3.63) is 65.7 Å². The number of carboxylic acids is 2. The second-order valence-corrected chi connectivity index (χ2v) is 11.0. The van der Waals surface area contributed by atoms with Crippen molar-refractivity contribution < 1.29 is 54.0 Å². The molecule has 0 fully saturated rings. The van der Waals surface area contributed by atoms with Crippen LogP contribution in [0.4, 0.5) is 0 Å². The van der Waals surface area contributed by atoms with Gasteiger partial charge in [-0.15, -0.1) is 0 Å². The number of primary amides is 1. The van der Waals surface area contributed by atoms with Crippen LogP contribution in [0.5, 0.6) is 5.75 Å². The minimum atomic E-state index is -1.81. The molecule has 0 bridgehead atoms. The van der Waals surface area contributed by atoms with Gasteiger partial charge in [0.25, 0.3) is 0 Å². The van der Waals surface area contributed by atoms with Crippen LogP contribution in [0.2, 0.25) is 0 Å². The quantitative estimate of drug-likeness (QED) is 0.0750. The van der Waals surface area contributed by atoms with Crippen LogP contribution in [0, 0.1) is 0 Å². The highest BCUT2D eigenvalue weighted by Crippen LogP contribution is 2.12. The fourth-order valence-electron chi connectivity index (χ4n) is 4.37. The fraction of sp³-hybridized carbons (Fsp3) is 0.387. The zero-order valence-corrected chi connectivity index (χ0v) is 26.0. The first kappa shape index (κ1) is 38.6. The number of phenolic OH excluding ortho intramolecular Hbond substituents is 1. The molecule has 5 amide bonds. The number of phenols is 1. The molecule has 17 nitrogen and oxygen atoms in total. The predicted octanol–water partition coefficient (Wildman–Crippen LogP) is -2.35. The number of aromatic hydroxyl groups is 1. The van der Waals surface area contributed by atoms with Gasteiger partial charge in [0.2, 0.25) is 29.5 Å². The molecule has 0 radical (unpaired) electrons. The van der Waals surface area contributed by atoms with Crippen LogP contribution in [0.25, 0.3) is 0 Å². The Balaban J connectivity index is 2.29. The lowest BCUT2D eigenvalue weighted by molar-refractivity contribution is -0.143. The number of hydrogen-bond donors (Lipinski definition) is 10. The summed E-state index contributed by atoms with van der Waals surface area (Å²) in [5.41, 5.74) is 11.9. The molecular formula is C31H40N6O11. The molecule has 12 N–H and O–H groups in total. The van der Waals surface area contributed by atoms with Crippen molar-refractivity contribution in [1.82, 2.24) is 21.3 Å². The van der Waals surface area contributed by atoms with Crippen molar-refractivity contribution in [2.75, 3.05) is 0 Å². The molecule has 0 saturated carbocycles. The molecule has 2 aromatic carbocycles. The van der Waals surface area contributed by atoms with Crippen molar-refractivity contribution >= 4 is 41.5 Å². The van der Waals surface area contributed by atoms with Crippen LogP contribution in [0.15, 0.2) is 54.6 Å². The molecule has 0 aliphatic carbocycles. The summed E-state index contributed by atoms with van der Waals surface area (Å²) < 4.78 is 0. The van der Waals surface area contributed by atoms with Crippen molar-refractivity contribution in [2.45, 2.75) is 75.3 Å². The van der Waals surface area contributed by atoms with Gasteiger partial charge in [0, 0.05) is 19.3 Å². The summed E-state index contributed by atoms with van der Waals surface area (Å²) in [5, 5.41) is 47.6. The van der Waals surface area contributed by atoms with Gasteiger partial charge < -0.3 is 53.2 Å². The molecule has 2 aromatic rings. The fourth-order valence-corrected chi connectivity index (χ4v) is 4.37. The molecule has 17 heteroatoms. The lowest BCUT2D eigenvalue weighted by Gasteiger charge is -2.26. The summed E-state index contributed by atoms with van der Waals surface area (Å²) >= 11 is 0. The number of amides is 5. The highest BCUT2D eigenvalue weighted by Gasteiger charge is 2.33. The third-order valence-corrected chi connectivity index (χ3v) is 7.05. The number of aliphatic carboxylic acids is 2. The number of nitrogens with two attached hydrogens (primary N) is 2. The SMILES string of the molecule is C[C@@H](O)[C@H](N)C(=O)N[C@@H](Cc1ccccc1)C(=O)N[C@@H](CC(=O)O)C(=O)N[C@@H](CCC(N)=O)C(=O)N[C@@H](Cc1ccc(O)cc1)C(=O)O. The van der Waals surface area contributed by atoms with Crippen molar-refractivity contribution in [2.24, 2.45) is 11.5 Å². The summed E-state index contributed by atoms with van der Waals surface area (Å²) in [6.07, 6.45) is -3.42. The van der Waals surface area contributed by atoms with E-state index in [0.717, 1.165) is 0 Å². The Bertz CT molecular complexity index is 1450. The lowest BCUT2D eigenvalue weighted by Crippen LogP contribution is -2.59. The van der Waals surface area contributed by atoms with Crippen LogP contribution >= 0.6 is 0 Å². The van der Waals surface area contributed by atoms with Gasteiger partial charge in [-0.25, -0.2) is 4.79 Å². The monoisotopic (exact) mass is 672 g/mol. The van der Waals surface area contributed by atoms with E-state index in [2.05, 4.69) is 21.3 Å². The van der Waals surface area contributed by atoms with E-state index in [1.807, 2.05) is 0 Å². The number of aliphatic hydroxyl groups excluding tert-OH is 1. The molecule has 48 heavy (non-hydrogen) atoms. The molecular weight excluding hydrogens is 632 g/mol. The average Bonchev–Trinajstić information content (AvgIpc) is 3.02. The minimum absolute atomic E-state index is 0.0657. The zero-order valence-electron chi connectivity index (χ0n) is 26.0. The molecule has 0 aromatic heterocycles. The van der Waals surface area contributed by atoms with Gasteiger partial charge in [0.05, 0.1) is 12.5 Å². The van der Waals surface area contributed by atoms with E-state index >= 15 is 0 Å². The van der Waals surface area contributed by atoms with Gasteiger partial charge in [-0.1, -0.05) is 42.5 Å².